The fourth-order valence-corrected chi connectivity index (χ4v) is 5.05. The van der Waals surface area contributed by atoms with Crippen LogP contribution in [0.3, 0.4) is 0 Å². The number of fused-ring (bicyclic) bond motifs is 1. The summed E-state index contributed by atoms with van der Waals surface area (Å²) in [7, 11) is 0. The number of piperidine rings is 1. The molecule has 5 rings (SSSR count). The second-order valence-electron chi connectivity index (χ2n) is 8.92. The zero-order valence-electron chi connectivity index (χ0n) is 18.1. The van der Waals surface area contributed by atoms with Crippen molar-refractivity contribution in [1.29, 1.82) is 0 Å². The van der Waals surface area contributed by atoms with Crippen molar-refractivity contribution in [3.63, 3.8) is 0 Å². The highest BCUT2D eigenvalue weighted by atomic mass is 35.5. The molecular weight excluding hydrogens is 428 g/mol. The van der Waals surface area contributed by atoms with Crippen molar-refractivity contribution in [2.75, 3.05) is 26.2 Å². The number of ether oxygens (including phenoxy) is 2. The Morgan fingerprint density at radius 1 is 1.16 bits per heavy atom. The van der Waals surface area contributed by atoms with Crippen LogP contribution in [-0.2, 0) is 11.3 Å². The molecule has 2 heterocycles. The highest BCUT2D eigenvalue weighted by Crippen LogP contribution is 2.40. The minimum Gasteiger partial charge on any atom is -0.462 e. The molecule has 7 heteroatoms. The summed E-state index contributed by atoms with van der Waals surface area (Å²) in [5, 5.41) is 11.9. The lowest BCUT2D eigenvalue weighted by Crippen LogP contribution is -2.54. The molecule has 170 valence electrons. The molecule has 0 atom stereocenters. The van der Waals surface area contributed by atoms with E-state index >= 15 is 0 Å². The van der Waals surface area contributed by atoms with Gasteiger partial charge in [0.1, 0.15) is 5.75 Å². The van der Waals surface area contributed by atoms with Crippen molar-refractivity contribution in [2.45, 2.75) is 50.5 Å². The molecule has 2 aromatic carbocycles. The number of rotatable bonds is 5. The van der Waals surface area contributed by atoms with Crippen LogP contribution in [0.15, 0.2) is 36.4 Å². The molecule has 6 nitrogen and oxygen atoms in total. The number of nitrogens with one attached hydrogen (secondary N) is 1. The number of aliphatic hydroxyl groups excluding tert-OH is 1. The third-order valence-corrected chi connectivity index (χ3v) is 7.26. The Labute approximate surface area is 193 Å². The number of carbonyl (C=O) groups is 1. The van der Waals surface area contributed by atoms with Crippen LogP contribution >= 0.6 is 11.6 Å². The van der Waals surface area contributed by atoms with Gasteiger partial charge in [-0.3, -0.25) is 9.69 Å². The number of aliphatic hydroxyl groups is 1. The summed E-state index contributed by atoms with van der Waals surface area (Å²) in [4.78, 5) is 14.7. The molecule has 2 N–H and O–H groups in total. The number of likely N-dealkylation sites (tertiary alicyclic amines) is 1. The molecule has 2 aliphatic heterocycles. The van der Waals surface area contributed by atoms with Crippen molar-refractivity contribution in [1.82, 2.24) is 10.2 Å². The SMILES string of the molecule is O=C(NCCO)c1ccc(-c2ccc3c(c2)COC2(CCN(C4CCC4)CC2)O3)cc1Cl. The first-order chi connectivity index (χ1) is 15.6. The number of hydrogen-bond acceptors (Lipinski definition) is 5. The van der Waals surface area contributed by atoms with Crippen LogP contribution in [-0.4, -0.2) is 54.0 Å². The summed E-state index contributed by atoms with van der Waals surface area (Å²) >= 11 is 6.37. The molecule has 1 aliphatic carbocycles. The predicted molar refractivity (Wildman–Crippen MR) is 123 cm³/mol. The van der Waals surface area contributed by atoms with E-state index in [0.717, 1.165) is 54.4 Å². The minimum absolute atomic E-state index is 0.110. The summed E-state index contributed by atoms with van der Waals surface area (Å²) in [6.45, 7) is 2.69. The van der Waals surface area contributed by atoms with Gasteiger partial charge in [0.15, 0.2) is 0 Å². The van der Waals surface area contributed by atoms with Crippen molar-refractivity contribution >= 4 is 17.5 Å². The van der Waals surface area contributed by atoms with Gasteiger partial charge in [-0.05, 0) is 48.2 Å². The zero-order valence-corrected chi connectivity index (χ0v) is 18.9. The summed E-state index contributed by atoms with van der Waals surface area (Å²) in [5.74, 6) is 0.0986. The van der Waals surface area contributed by atoms with Crippen LogP contribution < -0.4 is 10.1 Å². The van der Waals surface area contributed by atoms with Gasteiger partial charge >= 0.3 is 0 Å². The lowest BCUT2D eigenvalue weighted by molar-refractivity contribution is -0.231. The third-order valence-electron chi connectivity index (χ3n) is 6.94. The molecule has 3 aliphatic rings. The number of amides is 1. The maximum Gasteiger partial charge on any atom is 0.252 e. The molecule has 1 saturated carbocycles. The first-order valence-electron chi connectivity index (χ1n) is 11.5. The summed E-state index contributed by atoms with van der Waals surface area (Å²) < 4.78 is 12.7. The number of nitrogens with zero attached hydrogens (tertiary/aromatic N) is 1. The fourth-order valence-electron chi connectivity index (χ4n) is 4.78. The van der Waals surface area contributed by atoms with Crippen molar-refractivity contribution in [3.05, 3.63) is 52.5 Å². The van der Waals surface area contributed by atoms with Crippen LogP contribution in [0, 0.1) is 0 Å². The molecule has 0 aromatic heterocycles. The minimum atomic E-state index is -0.498. The Bertz CT molecular complexity index is 999. The van der Waals surface area contributed by atoms with Crippen LogP contribution in [0.25, 0.3) is 11.1 Å². The smallest absolute Gasteiger partial charge is 0.252 e. The molecule has 2 fully saturated rings. The molecule has 0 unspecified atom stereocenters. The molecule has 1 saturated heterocycles. The second kappa shape index (κ2) is 9.02. The summed E-state index contributed by atoms with van der Waals surface area (Å²) in [6.07, 6.45) is 5.83. The predicted octanol–water partition coefficient (Wildman–Crippen LogP) is 3.98. The number of halogens is 1. The standard InChI is InChI=1S/C25H29ClN2O4/c26-22-15-18(4-6-21(22)24(30)27-10-13-29)17-5-7-23-19(14-17)16-31-25(32-23)8-11-28(12-9-25)20-2-1-3-20/h4-7,14-15,20,29H,1-3,8-13,16H2,(H,27,30). The Morgan fingerprint density at radius 2 is 1.91 bits per heavy atom. The Kier molecular flexibility index (Phi) is 6.12. The number of hydrogen-bond donors (Lipinski definition) is 2. The van der Waals surface area contributed by atoms with Gasteiger partial charge in [-0.15, -0.1) is 0 Å². The van der Waals surface area contributed by atoms with Crippen LogP contribution in [0.4, 0.5) is 0 Å². The van der Waals surface area contributed by atoms with E-state index in [1.54, 1.807) is 12.1 Å². The summed E-state index contributed by atoms with van der Waals surface area (Å²) in [6, 6.07) is 12.3. The zero-order chi connectivity index (χ0) is 22.1. The van der Waals surface area contributed by atoms with Gasteiger partial charge in [-0.1, -0.05) is 30.2 Å². The van der Waals surface area contributed by atoms with Gasteiger partial charge in [0, 0.05) is 44.1 Å². The molecule has 32 heavy (non-hydrogen) atoms. The molecule has 0 bridgehead atoms. The van der Waals surface area contributed by atoms with Gasteiger partial charge in [0.25, 0.3) is 5.91 Å². The lowest BCUT2D eigenvalue weighted by atomic mass is 9.89. The maximum atomic E-state index is 12.1. The van der Waals surface area contributed by atoms with Crippen LogP contribution in [0.5, 0.6) is 5.75 Å². The van der Waals surface area contributed by atoms with E-state index < -0.39 is 5.79 Å². The first-order valence-corrected chi connectivity index (χ1v) is 11.8. The Hall–Kier alpha value is -2.12. The van der Waals surface area contributed by atoms with E-state index in [0.29, 0.717) is 17.2 Å². The van der Waals surface area contributed by atoms with Crippen molar-refractivity contribution in [3.8, 4) is 16.9 Å². The van der Waals surface area contributed by atoms with E-state index in [4.69, 9.17) is 26.2 Å². The average molecular weight is 457 g/mol. The third kappa shape index (κ3) is 4.25. The van der Waals surface area contributed by atoms with E-state index in [-0.39, 0.29) is 19.1 Å². The Morgan fingerprint density at radius 3 is 2.59 bits per heavy atom. The number of benzene rings is 2. The van der Waals surface area contributed by atoms with E-state index in [2.05, 4.69) is 16.3 Å². The van der Waals surface area contributed by atoms with Gasteiger partial charge in [0.05, 0.1) is 23.8 Å². The van der Waals surface area contributed by atoms with E-state index in [1.165, 1.54) is 19.3 Å². The molecule has 2 aromatic rings. The van der Waals surface area contributed by atoms with Gasteiger partial charge in [-0.2, -0.15) is 0 Å². The number of carbonyl (C=O) groups excluding carboxylic acids is 1. The lowest BCUT2D eigenvalue weighted by Gasteiger charge is -2.47. The Balaban J connectivity index is 1.28. The van der Waals surface area contributed by atoms with Gasteiger partial charge < -0.3 is 19.9 Å². The van der Waals surface area contributed by atoms with E-state index in [1.807, 2.05) is 18.2 Å². The van der Waals surface area contributed by atoms with Crippen molar-refractivity contribution < 1.29 is 19.4 Å². The first kappa shape index (κ1) is 21.7. The fraction of sp³-hybridized carbons (Fsp3) is 0.480. The normalized spacial score (nSPS) is 20.3. The molecular formula is C25H29ClN2O4. The monoisotopic (exact) mass is 456 g/mol. The van der Waals surface area contributed by atoms with Gasteiger partial charge in [0.2, 0.25) is 5.79 Å². The molecule has 1 spiro atoms. The topological polar surface area (TPSA) is 71.0 Å². The van der Waals surface area contributed by atoms with E-state index in [9.17, 15) is 4.79 Å². The largest absolute Gasteiger partial charge is 0.462 e. The van der Waals surface area contributed by atoms with Crippen LogP contribution in [0.2, 0.25) is 5.02 Å². The molecule has 0 radical (unpaired) electrons. The van der Waals surface area contributed by atoms with Crippen LogP contribution in [0.1, 0.15) is 48.0 Å². The van der Waals surface area contributed by atoms with Crippen molar-refractivity contribution in [2.24, 2.45) is 0 Å². The maximum absolute atomic E-state index is 12.1. The average Bonchev–Trinajstić information content (AvgIpc) is 2.77. The summed E-state index contributed by atoms with van der Waals surface area (Å²) in [5.41, 5.74) is 3.33. The second-order valence-corrected chi connectivity index (χ2v) is 9.33. The quantitative estimate of drug-likeness (QED) is 0.712. The van der Waals surface area contributed by atoms with Gasteiger partial charge in [-0.25, -0.2) is 0 Å². The molecule has 1 amide bonds. The highest BCUT2D eigenvalue weighted by molar-refractivity contribution is 6.34. The highest BCUT2D eigenvalue weighted by Gasteiger charge is 2.42.